The Kier molecular flexibility index (Phi) is 6.47. The first-order valence-electron chi connectivity index (χ1n) is 10.7. The van der Waals surface area contributed by atoms with E-state index in [2.05, 4.69) is 11.4 Å². The number of anilines is 2. The maximum Gasteiger partial charge on any atom is 0.324 e. The first kappa shape index (κ1) is 21.9. The summed E-state index contributed by atoms with van der Waals surface area (Å²) in [5.41, 5.74) is 4.95. The quantitative estimate of drug-likeness (QED) is 0.518. The van der Waals surface area contributed by atoms with Crippen molar-refractivity contribution in [1.29, 1.82) is 0 Å². The smallest absolute Gasteiger partial charge is 0.320 e. The van der Waals surface area contributed by atoms with Crippen molar-refractivity contribution >= 4 is 34.9 Å². The molecule has 0 radical (unpaired) electrons. The highest BCUT2D eigenvalue weighted by atomic mass is 35.5. The Hall–Kier alpha value is -3.31. The minimum atomic E-state index is -0.302. The monoisotopic (exact) mass is 447 g/mol. The van der Waals surface area contributed by atoms with Crippen LogP contribution in [0.2, 0.25) is 5.02 Å². The summed E-state index contributed by atoms with van der Waals surface area (Å²) in [6.45, 7) is 5.87. The van der Waals surface area contributed by atoms with Gasteiger partial charge in [-0.1, -0.05) is 59.6 Å². The Morgan fingerprint density at radius 1 is 0.969 bits per heavy atom. The van der Waals surface area contributed by atoms with Crippen molar-refractivity contribution in [1.82, 2.24) is 4.90 Å². The summed E-state index contributed by atoms with van der Waals surface area (Å²) >= 11 is 6.20. The maximum atomic E-state index is 13.4. The normalized spacial score (nSPS) is 13.9. The number of rotatable bonds is 5. The van der Waals surface area contributed by atoms with Gasteiger partial charge in [0.1, 0.15) is 0 Å². The van der Waals surface area contributed by atoms with Gasteiger partial charge in [0.15, 0.2) is 0 Å². The van der Waals surface area contributed by atoms with E-state index in [9.17, 15) is 9.59 Å². The fourth-order valence-corrected chi connectivity index (χ4v) is 4.22. The van der Waals surface area contributed by atoms with Gasteiger partial charge in [-0.25, -0.2) is 4.79 Å². The molecule has 0 aliphatic carbocycles. The van der Waals surface area contributed by atoms with Gasteiger partial charge >= 0.3 is 6.03 Å². The second-order valence-corrected chi connectivity index (χ2v) is 8.56. The molecule has 3 aromatic carbocycles. The van der Waals surface area contributed by atoms with Gasteiger partial charge in [0, 0.05) is 19.6 Å². The van der Waals surface area contributed by atoms with E-state index in [1.54, 1.807) is 29.2 Å². The summed E-state index contributed by atoms with van der Waals surface area (Å²) in [7, 11) is 0. The van der Waals surface area contributed by atoms with Crippen LogP contribution in [-0.4, -0.2) is 29.9 Å². The Bertz CT molecular complexity index is 1160. The lowest BCUT2D eigenvalue weighted by Crippen LogP contribution is -2.49. The fourth-order valence-electron chi connectivity index (χ4n) is 4.00. The molecule has 1 aliphatic rings. The molecule has 5 nitrogen and oxygen atoms in total. The Morgan fingerprint density at radius 2 is 1.75 bits per heavy atom. The maximum absolute atomic E-state index is 13.4. The van der Waals surface area contributed by atoms with Crippen molar-refractivity contribution in [2.75, 3.05) is 23.3 Å². The minimum Gasteiger partial charge on any atom is -0.320 e. The Labute approximate surface area is 193 Å². The van der Waals surface area contributed by atoms with E-state index in [0.29, 0.717) is 41.6 Å². The molecule has 1 N–H and O–H groups in total. The topological polar surface area (TPSA) is 52.6 Å². The molecule has 0 atom stereocenters. The van der Waals surface area contributed by atoms with Gasteiger partial charge in [-0.15, -0.1) is 0 Å². The Balaban J connectivity index is 1.59. The van der Waals surface area contributed by atoms with E-state index in [1.165, 1.54) is 5.56 Å². The molecule has 1 aliphatic heterocycles. The van der Waals surface area contributed by atoms with Crippen molar-refractivity contribution in [3.63, 3.8) is 0 Å². The van der Waals surface area contributed by atoms with Crippen molar-refractivity contribution in [2.24, 2.45) is 0 Å². The highest BCUT2D eigenvalue weighted by Crippen LogP contribution is 2.31. The van der Waals surface area contributed by atoms with Crippen molar-refractivity contribution in [3.05, 3.63) is 94.0 Å². The molecule has 0 saturated carbocycles. The van der Waals surface area contributed by atoms with Crippen molar-refractivity contribution in [2.45, 2.75) is 26.8 Å². The summed E-state index contributed by atoms with van der Waals surface area (Å²) in [6.07, 6.45) is 0.851. The predicted octanol–water partition coefficient (Wildman–Crippen LogP) is 6.04. The summed E-state index contributed by atoms with van der Waals surface area (Å²) in [4.78, 5) is 29.9. The lowest BCUT2D eigenvalue weighted by molar-refractivity contribution is 0.102. The molecule has 1 fully saturated rings. The number of nitrogens with one attached hydrogen (secondary N) is 1. The lowest BCUT2D eigenvalue weighted by atomic mass is 10.1. The van der Waals surface area contributed by atoms with Crippen LogP contribution in [0.3, 0.4) is 0 Å². The zero-order valence-electron chi connectivity index (χ0n) is 18.3. The second kappa shape index (κ2) is 9.45. The molecule has 0 unspecified atom stereocenters. The molecule has 0 bridgehead atoms. The van der Waals surface area contributed by atoms with Crippen LogP contribution < -0.4 is 10.2 Å². The highest BCUT2D eigenvalue weighted by Gasteiger charge is 2.29. The second-order valence-electron chi connectivity index (χ2n) is 8.15. The molecular formula is C26H26ClN3O2. The standard InChI is InChI=1S/C26H26ClN3O2/c1-18-7-5-8-20(15-18)17-29-13-6-14-30(26(29)32)24-12-11-19(2)16-23(24)28-25(31)21-9-3-4-10-22(21)27/h3-5,7-12,15-16H,6,13-14,17H2,1-2H3,(H,28,31). The number of urea groups is 1. The van der Waals surface area contributed by atoms with E-state index < -0.39 is 0 Å². The van der Waals surface area contributed by atoms with E-state index in [4.69, 9.17) is 11.6 Å². The zero-order valence-corrected chi connectivity index (χ0v) is 19.0. The molecular weight excluding hydrogens is 422 g/mol. The van der Waals surface area contributed by atoms with Gasteiger partial charge in [0.2, 0.25) is 0 Å². The van der Waals surface area contributed by atoms with Crippen LogP contribution in [0.1, 0.15) is 33.5 Å². The predicted molar refractivity (Wildman–Crippen MR) is 130 cm³/mol. The molecule has 3 aromatic rings. The van der Waals surface area contributed by atoms with Crippen molar-refractivity contribution < 1.29 is 9.59 Å². The number of carbonyl (C=O) groups is 2. The van der Waals surface area contributed by atoms with Gasteiger partial charge in [-0.05, 0) is 55.7 Å². The molecule has 0 spiro atoms. The van der Waals surface area contributed by atoms with Gasteiger partial charge in [-0.2, -0.15) is 0 Å². The highest BCUT2D eigenvalue weighted by molar-refractivity contribution is 6.34. The van der Waals surface area contributed by atoms with E-state index in [0.717, 1.165) is 17.5 Å². The molecule has 4 rings (SSSR count). The molecule has 1 heterocycles. The third-order valence-corrected chi connectivity index (χ3v) is 5.91. The summed E-state index contributed by atoms with van der Waals surface area (Å²) in [6, 6.07) is 20.8. The van der Waals surface area contributed by atoms with E-state index >= 15 is 0 Å². The number of amides is 3. The van der Waals surface area contributed by atoms with Gasteiger partial charge < -0.3 is 10.2 Å². The summed E-state index contributed by atoms with van der Waals surface area (Å²) in [5.74, 6) is -0.302. The fraction of sp³-hybridized carbons (Fsp3) is 0.231. The lowest BCUT2D eigenvalue weighted by Gasteiger charge is -2.36. The van der Waals surface area contributed by atoms with Crippen LogP contribution in [0, 0.1) is 13.8 Å². The third kappa shape index (κ3) is 4.78. The SMILES string of the molecule is Cc1cccc(CN2CCCN(c3ccc(C)cc3NC(=O)c3ccccc3Cl)C2=O)c1. The van der Waals surface area contributed by atoms with E-state index in [1.807, 2.05) is 55.1 Å². The van der Waals surface area contributed by atoms with Crippen LogP contribution in [0.25, 0.3) is 0 Å². The van der Waals surface area contributed by atoms with Crippen LogP contribution in [-0.2, 0) is 6.54 Å². The summed E-state index contributed by atoms with van der Waals surface area (Å²) in [5, 5.41) is 3.35. The average molecular weight is 448 g/mol. The van der Waals surface area contributed by atoms with Gasteiger partial charge in [-0.3, -0.25) is 9.69 Å². The van der Waals surface area contributed by atoms with Crippen LogP contribution in [0.15, 0.2) is 66.7 Å². The molecule has 1 saturated heterocycles. The Morgan fingerprint density at radius 3 is 2.53 bits per heavy atom. The van der Waals surface area contributed by atoms with Gasteiger partial charge in [0.05, 0.1) is 22.0 Å². The summed E-state index contributed by atoms with van der Waals surface area (Å²) < 4.78 is 0. The largest absolute Gasteiger partial charge is 0.324 e. The third-order valence-electron chi connectivity index (χ3n) is 5.58. The molecule has 6 heteroatoms. The number of nitrogens with zero attached hydrogens (tertiary/aromatic N) is 2. The first-order valence-corrected chi connectivity index (χ1v) is 11.1. The first-order chi connectivity index (χ1) is 15.4. The molecule has 3 amide bonds. The number of halogens is 1. The average Bonchev–Trinajstić information content (AvgIpc) is 2.76. The van der Waals surface area contributed by atoms with Crippen LogP contribution >= 0.6 is 11.6 Å². The number of hydrogen-bond donors (Lipinski definition) is 1. The van der Waals surface area contributed by atoms with Gasteiger partial charge in [0.25, 0.3) is 5.91 Å². The molecule has 0 aromatic heterocycles. The number of hydrogen-bond acceptors (Lipinski definition) is 2. The zero-order chi connectivity index (χ0) is 22.7. The van der Waals surface area contributed by atoms with E-state index in [-0.39, 0.29) is 11.9 Å². The number of carbonyl (C=O) groups excluding carboxylic acids is 2. The minimum absolute atomic E-state index is 0.0603. The molecule has 32 heavy (non-hydrogen) atoms. The number of benzene rings is 3. The molecule has 164 valence electrons. The van der Waals surface area contributed by atoms with Crippen LogP contribution in [0.4, 0.5) is 16.2 Å². The van der Waals surface area contributed by atoms with Crippen molar-refractivity contribution in [3.8, 4) is 0 Å². The number of aryl methyl sites for hydroxylation is 2. The van der Waals surface area contributed by atoms with Crippen LogP contribution in [0.5, 0.6) is 0 Å².